The first-order chi connectivity index (χ1) is 11.1. The Bertz CT molecular complexity index is 665. The smallest absolute Gasteiger partial charge is 0.339 e. The Labute approximate surface area is 133 Å². The van der Waals surface area contributed by atoms with E-state index in [2.05, 4.69) is 5.97 Å². The van der Waals surface area contributed by atoms with Gasteiger partial charge in [-0.05, 0) is 18.7 Å². The first-order valence-electron chi connectivity index (χ1n) is 7.18. The molecule has 0 saturated carbocycles. The number of nitro benzene ring substituents is 1. The van der Waals surface area contributed by atoms with Crippen molar-refractivity contribution in [1.82, 2.24) is 0 Å². The number of ether oxygens (including phenoxy) is 1. The van der Waals surface area contributed by atoms with E-state index in [1.54, 1.807) is 6.07 Å². The third kappa shape index (κ3) is 3.27. The van der Waals surface area contributed by atoms with Crippen LogP contribution in [0.4, 0.5) is 11.4 Å². The standard InChI is InChI=1S/C13H12BN3O4.CH4O/c15-8-14-1-3-16(4-2-14)11-5-9-7-21-13(18)10(9)6-12(11)17(19)20;1-2/h5-6H,1-4,7H2;2H,1H3. The summed E-state index contributed by atoms with van der Waals surface area (Å²) in [6.45, 7) is 1.38. The summed E-state index contributed by atoms with van der Waals surface area (Å²) in [5.41, 5.74) is 1.39. The van der Waals surface area contributed by atoms with Crippen molar-refractivity contribution >= 4 is 24.1 Å². The number of anilines is 1. The Hall–Kier alpha value is -2.60. The molecule has 0 amide bonds. The van der Waals surface area contributed by atoms with Crippen LogP contribution in [0.2, 0.25) is 12.6 Å². The second-order valence-corrected chi connectivity index (χ2v) is 5.22. The quantitative estimate of drug-likeness (QED) is 0.377. The summed E-state index contributed by atoms with van der Waals surface area (Å²) >= 11 is 0. The number of nitrogens with zero attached hydrogens (tertiary/aromatic N) is 3. The van der Waals surface area contributed by atoms with Crippen molar-refractivity contribution in [3.05, 3.63) is 33.4 Å². The monoisotopic (exact) mass is 317 g/mol. The van der Waals surface area contributed by atoms with Gasteiger partial charge in [-0.15, -0.1) is 0 Å². The fraction of sp³-hybridized carbons (Fsp3) is 0.429. The molecule has 9 heteroatoms. The minimum absolute atomic E-state index is 0.0136. The van der Waals surface area contributed by atoms with Gasteiger partial charge in [-0.1, -0.05) is 0 Å². The molecule has 2 heterocycles. The second-order valence-electron chi connectivity index (χ2n) is 5.22. The minimum atomic E-state index is -0.511. The molecule has 0 spiro atoms. The summed E-state index contributed by atoms with van der Waals surface area (Å²) in [7, 11) is 1.00. The summed E-state index contributed by atoms with van der Waals surface area (Å²) in [5.74, 6) is 1.72. The fourth-order valence-corrected chi connectivity index (χ4v) is 2.80. The average molecular weight is 317 g/mol. The number of nitriles is 1. The first kappa shape index (κ1) is 16.8. The van der Waals surface area contributed by atoms with Crippen molar-refractivity contribution in [2.45, 2.75) is 19.2 Å². The number of carbonyl (C=O) groups is 1. The zero-order valence-electron chi connectivity index (χ0n) is 12.7. The Morgan fingerprint density at radius 3 is 2.61 bits per heavy atom. The summed E-state index contributed by atoms with van der Waals surface area (Å²) in [6.07, 6.45) is 1.39. The summed E-state index contributed by atoms with van der Waals surface area (Å²) in [5, 5.41) is 27.2. The highest BCUT2D eigenvalue weighted by atomic mass is 16.6. The molecular weight excluding hydrogens is 301 g/mol. The predicted molar refractivity (Wildman–Crippen MR) is 83.6 cm³/mol. The number of esters is 1. The van der Waals surface area contributed by atoms with Crippen LogP contribution in [0.3, 0.4) is 0 Å². The summed E-state index contributed by atoms with van der Waals surface area (Å²) in [6, 6.07) is 2.97. The number of fused-ring (bicyclic) bond motifs is 1. The van der Waals surface area contributed by atoms with Crippen LogP contribution in [0.1, 0.15) is 15.9 Å². The van der Waals surface area contributed by atoms with Gasteiger partial charge in [0.1, 0.15) is 12.3 Å². The van der Waals surface area contributed by atoms with Crippen LogP contribution in [0.15, 0.2) is 12.1 Å². The molecule has 0 radical (unpaired) electrons. The normalized spacial score (nSPS) is 16.0. The van der Waals surface area contributed by atoms with E-state index >= 15 is 0 Å². The lowest BCUT2D eigenvalue weighted by Gasteiger charge is -2.29. The molecule has 2 aliphatic rings. The van der Waals surface area contributed by atoms with Crippen molar-refractivity contribution in [2.24, 2.45) is 0 Å². The Morgan fingerprint density at radius 1 is 1.39 bits per heavy atom. The van der Waals surface area contributed by atoms with Gasteiger partial charge in [-0.25, -0.2) is 10.1 Å². The Morgan fingerprint density at radius 2 is 2.04 bits per heavy atom. The molecule has 1 N–H and O–H groups in total. The van der Waals surface area contributed by atoms with Crippen LogP contribution in [0, 0.1) is 21.3 Å². The van der Waals surface area contributed by atoms with E-state index in [1.807, 2.05) is 4.90 Å². The van der Waals surface area contributed by atoms with Crippen molar-refractivity contribution in [1.29, 1.82) is 5.26 Å². The number of hydrogen-bond donors (Lipinski definition) is 1. The lowest BCUT2D eigenvalue weighted by molar-refractivity contribution is -0.384. The van der Waals surface area contributed by atoms with Crippen LogP contribution >= 0.6 is 0 Å². The van der Waals surface area contributed by atoms with E-state index < -0.39 is 10.9 Å². The lowest BCUT2D eigenvalue weighted by atomic mass is 9.45. The maximum Gasteiger partial charge on any atom is 0.339 e. The fourth-order valence-electron chi connectivity index (χ4n) is 2.80. The van der Waals surface area contributed by atoms with E-state index in [-0.39, 0.29) is 24.6 Å². The molecule has 0 aliphatic carbocycles. The van der Waals surface area contributed by atoms with Crippen molar-refractivity contribution < 1.29 is 19.6 Å². The van der Waals surface area contributed by atoms with E-state index in [0.29, 0.717) is 37.0 Å². The summed E-state index contributed by atoms with van der Waals surface area (Å²) in [4.78, 5) is 24.2. The number of cyclic esters (lactones) is 1. The number of aliphatic hydroxyl groups excluding tert-OH is 1. The lowest BCUT2D eigenvalue weighted by Crippen LogP contribution is -2.36. The highest BCUT2D eigenvalue weighted by Crippen LogP contribution is 2.36. The van der Waals surface area contributed by atoms with Crippen LogP contribution in [0.25, 0.3) is 0 Å². The molecule has 1 fully saturated rings. The number of carbonyl (C=O) groups excluding carboxylic acids is 1. The van der Waals surface area contributed by atoms with Crippen LogP contribution in [-0.2, 0) is 11.3 Å². The van der Waals surface area contributed by atoms with E-state index in [9.17, 15) is 14.9 Å². The minimum Gasteiger partial charge on any atom is -0.457 e. The van der Waals surface area contributed by atoms with Crippen LogP contribution < -0.4 is 4.90 Å². The molecule has 0 unspecified atom stereocenters. The molecule has 0 bridgehead atoms. The maximum atomic E-state index is 11.5. The van der Waals surface area contributed by atoms with Gasteiger partial charge in [-0.3, -0.25) is 10.1 Å². The Kier molecular flexibility index (Phi) is 5.18. The van der Waals surface area contributed by atoms with Crippen LogP contribution in [-0.4, -0.2) is 42.9 Å². The Balaban J connectivity index is 0.000000924. The number of hydrogen-bond acceptors (Lipinski definition) is 7. The van der Waals surface area contributed by atoms with E-state index in [4.69, 9.17) is 15.1 Å². The van der Waals surface area contributed by atoms with Crippen LogP contribution in [0.5, 0.6) is 0 Å². The first-order valence-corrected chi connectivity index (χ1v) is 7.18. The van der Waals surface area contributed by atoms with Crippen molar-refractivity contribution in [3.63, 3.8) is 0 Å². The van der Waals surface area contributed by atoms with Gasteiger partial charge in [-0.2, -0.15) is 0 Å². The molecule has 8 nitrogen and oxygen atoms in total. The molecule has 2 aliphatic heterocycles. The highest BCUT2D eigenvalue weighted by molar-refractivity contribution is 6.67. The van der Waals surface area contributed by atoms with Gasteiger partial charge in [0, 0.05) is 37.8 Å². The van der Waals surface area contributed by atoms with Gasteiger partial charge < -0.3 is 14.7 Å². The average Bonchev–Trinajstić information content (AvgIpc) is 2.96. The largest absolute Gasteiger partial charge is 0.457 e. The molecule has 0 atom stereocenters. The molecule has 23 heavy (non-hydrogen) atoms. The number of aliphatic hydroxyl groups is 1. The van der Waals surface area contributed by atoms with Gasteiger partial charge >= 0.3 is 5.97 Å². The van der Waals surface area contributed by atoms with Gasteiger partial charge in [0.05, 0.1) is 10.5 Å². The van der Waals surface area contributed by atoms with Gasteiger partial charge in [0.2, 0.25) is 0 Å². The molecule has 1 saturated heterocycles. The SMILES string of the molecule is CO.N#CB1CCN(c2cc3c(cc2[N+](=O)[O-])C(=O)OC3)CC1. The second kappa shape index (κ2) is 7.11. The molecule has 3 rings (SSSR count). The van der Waals surface area contributed by atoms with Gasteiger partial charge in [0.15, 0.2) is 0 Å². The molecular formula is C14H16BN3O5. The summed E-state index contributed by atoms with van der Waals surface area (Å²) < 4.78 is 4.91. The third-order valence-corrected chi connectivity index (χ3v) is 3.99. The zero-order chi connectivity index (χ0) is 17.0. The molecule has 1 aromatic carbocycles. The highest BCUT2D eigenvalue weighted by Gasteiger charge is 2.31. The van der Waals surface area contributed by atoms with Crippen molar-refractivity contribution in [3.8, 4) is 5.97 Å². The topological polar surface area (TPSA) is 117 Å². The molecule has 1 aromatic rings. The van der Waals surface area contributed by atoms with Crippen molar-refractivity contribution in [2.75, 3.05) is 25.1 Å². The third-order valence-electron chi connectivity index (χ3n) is 3.99. The maximum absolute atomic E-state index is 11.5. The molecule has 0 aromatic heterocycles. The number of rotatable bonds is 2. The number of nitro groups is 1. The molecule has 120 valence electrons. The zero-order valence-corrected chi connectivity index (χ0v) is 12.7. The number of benzene rings is 1. The predicted octanol–water partition coefficient (Wildman–Crippen LogP) is 1.25. The van der Waals surface area contributed by atoms with E-state index in [0.717, 1.165) is 7.11 Å². The van der Waals surface area contributed by atoms with Gasteiger partial charge in [0.25, 0.3) is 12.4 Å². The van der Waals surface area contributed by atoms with E-state index in [1.165, 1.54) is 6.07 Å².